The Bertz CT molecular complexity index is 686. The van der Waals surface area contributed by atoms with Gasteiger partial charge in [0.15, 0.2) is 0 Å². The predicted octanol–water partition coefficient (Wildman–Crippen LogP) is 4.58. The van der Waals surface area contributed by atoms with E-state index >= 15 is 0 Å². The van der Waals surface area contributed by atoms with E-state index in [1.807, 2.05) is 6.92 Å². The molecular weight excluding hydrogens is 291 g/mol. The highest BCUT2D eigenvalue weighted by molar-refractivity contribution is 6.31. The van der Waals surface area contributed by atoms with Crippen molar-refractivity contribution < 1.29 is 9.18 Å². The Hall–Kier alpha value is -2.33. The summed E-state index contributed by atoms with van der Waals surface area (Å²) in [5, 5.41) is 5.82. The number of rotatable bonds is 3. The number of hydrogen-bond acceptors (Lipinski definition) is 1. The monoisotopic (exact) mass is 304 g/mol. The maximum absolute atomic E-state index is 13.0. The Balaban J connectivity index is 1.95. The van der Waals surface area contributed by atoms with Crippen LogP contribution in [0.3, 0.4) is 0 Å². The summed E-state index contributed by atoms with van der Waals surface area (Å²) in [5.74, 6) is -0.323. The molecule has 0 bridgehead atoms. The minimum absolute atomic E-state index is 0.323. The van der Waals surface area contributed by atoms with Crippen molar-refractivity contribution in [2.75, 3.05) is 5.32 Å². The Kier molecular flexibility index (Phi) is 4.95. The Morgan fingerprint density at radius 3 is 2.76 bits per heavy atom. The molecule has 0 spiro atoms. The van der Waals surface area contributed by atoms with Crippen LogP contribution in [-0.2, 0) is 0 Å². The van der Waals surface area contributed by atoms with Gasteiger partial charge in [-0.05, 0) is 48.4 Å². The third-order valence-electron chi connectivity index (χ3n) is 2.85. The largest absolute Gasteiger partial charge is 0.323 e. The van der Waals surface area contributed by atoms with Crippen molar-refractivity contribution in [2.24, 2.45) is 0 Å². The number of urea groups is 1. The highest BCUT2D eigenvalue weighted by Crippen LogP contribution is 2.22. The Morgan fingerprint density at radius 2 is 2.00 bits per heavy atom. The maximum Gasteiger partial charge on any atom is 0.323 e. The molecule has 0 saturated carbocycles. The molecule has 3 nitrogen and oxygen atoms in total. The molecule has 21 heavy (non-hydrogen) atoms. The van der Waals surface area contributed by atoms with Crippen LogP contribution in [-0.4, -0.2) is 6.03 Å². The van der Waals surface area contributed by atoms with Gasteiger partial charge in [0.05, 0.1) is 0 Å². The van der Waals surface area contributed by atoms with Crippen LogP contribution in [0.5, 0.6) is 0 Å². The van der Waals surface area contributed by atoms with Gasteiger partial charge in [-0.3, -0.25) is 0 Å². The number of halogens is 2. The van der Waals surface area contributed by atoms with E-state index in [1.165, 1.54) is 18.3 Å². The fourth-order valence-electron chi connectivity index (χ4n) is 1.73. The van der Waals surface area contributed by atoms with Gasteiger partial charge < -0.3 is 10.6 Å². The van der Waals surface area contributed by atoms with Crippen molar-refractivity contribution in [2.45, 2.75) is 6.92 Å². The lowest BCUT2D eigenvalue weighted by Gasteiger charge is -2.08. The fourth-order valence-corrected chi connectivity index (χ4v) is 1.90. The van der Waals surface area contributed by atoms with Gasteiger partial charge in [0.25, 0.3) is 0 Å². The summed E-state index contributed by atoms with van der Waals surface area (Å²) in [5.41, 5.74) is 2.09. The van der Waals surface area contributed by atoms with Gasteiger partial charge in [-0.1, -0.05) is 29.8 Å². The zero-order chi connectivity index (χ0) is 15.2. The van der Waals surface area contributed by atoms with E-state index in [9.17, 15) is 9.18 Å². The molecule has 2 aromatic carbocycles. The van der Waals surface area contributed by atoms with Gasteiger partial charge in [0.1, 0.15) is 5.82 Å². The van der Waals surface area contributed by atoms with Crippen LogP contribution in [0.15, 0.2) is 48.7 Å². The summed E-state index contributed by atoms with van der Waals surface area (Å²) >= 11 is 5.98. The van der Waals surface area contributed by atoms with Crippen LogP contribution in [0.1, 0.15) is 11.1 Å². The molecule has 0 fully saturated rings. The summed E-state index contributed by atoms with van der Waals surface area (Å²) in [6.07, 6.45) is 3.05. The van der Waals surface area contributed by atoms with Crippen molar-refractivity contribution in [3.8, 4) is 0 Å². The SMILES string of the molecule is Cc1c(Cl)cccc1NC(=O)N/C=C/c1cccc(F)c1. The lowest BCUT2D eigenvalue weighted by atomic mass is 10.2. The molecule has 0 unspecified atom stereocenters. The molecule has 5 heteroatoms. The summed E-state index contributed by atoms with van der Waals surface area (Å²) < 4.78 is 13.0. The smallest absolute Gasteiger partial charge is 0.314 e. The number of nitrogens with one attached hydrogen (secondary N) is 2. The number of carbonyl (C=O) groups is 1. The quantitative estimate of drug-likeness (QED) is 0.856. The minimum Gasteiger partial charge on any atom is -0.314 e. The second-order valence-electron chi connectivity index (χ2n) is 4.40. The molecule has 0 atom stereocenters. The first-order valence-corrected chi connectivity index (χ1v) is 6.69. The number of anilines is 1. The topological polar surface area (TPSA) is 41.1 Å². The van der Waals surface area contributed by atoms with Crippen LogP contribution >= 0.6 is 11.6 Å². The average Bonchev–Trinajstić information content (AvgIpc) is 2.44. The van der Waals surface area contributed by atoms with Crippen molar-refractivity contribution in [1.82, 2.24) is 5.32 Å². The number of amides is 2. The van der Waals surface area contributed by atoms with Gasteiger partial charge in [-0.15, -0.1) is 0 Å². The number of hydrogen-bond donors (Lipinski definition) is 2. The van der Waals surface area contributed by atoms with Crippen LogP contribution in [0.4, 0.5) is 14.9 Å². The lowest BCUT2D eigenvalue weighted by Crippen LogP contribution is -2.24. The molecular formula is C16H14ClFN2O. The van der Waals surface area contributed by atoms with E-state index in [4.69, 9.17) is 11.6 Å². The molecule has 2 rings (SSSR count). The van der Waals surface area contributed by atoms with E-state index in [0.717, 1.165) is 5.56 Å². The second-order valence-corrected chi connectivity index (χ2v) is 4.81. The van der Waals surface area contributed by atoms with E-state index in [2.05, 4.69) is 10.6 Å². The molecule has 108 valence electrons. The highest BCUT2D eigenvalue weighted by Gasteiger charge is 2.04. The normalized spacial score (nSPS) is 10.6. The van der Waals surface area contributed by atoms with Crippen molar-refractivity contribution in [3.05, 3.63) is 70.6 Å². The predicted molar refractivity (Wildman–Crippen MR) is 83.8 cm³/mol. The molecule has 0 aliphatic heterocycles. The summed E-state index contributed by atoms with van der Waals surface area (Å²) in [4.78, 5) is 11.7. The van der Waals surface area contributed by atoms with Crippen molar-refractivity contribution in [3.63, 3.8) is 0 Å². The summed E-state index contributed by atoms with van der Waals surface area (Å²) in [6.45, 7) is 1.82. The first-order valence-electron chi connectivity index (χ1n) is 6.31. The van der Waals surface area contributed by atoms with E-state index in [1.54, 1.807) is 36.4 Å². The molecule has 0 radical (unpaired) electrons. The highest BCUT2D eigenvalue weighted by atomic mass is 35.5. The minimum atomic E-state index is -0.395. The number of carbonyl (C=O) groups excluding carboxylic acids is 1. The third kappa shape index (κ3) is 4.33. The first kappa shape index (κ1) is 15.1. The molecule has 0 aliphatic rings. The molecule has 2 N–H and O–H groups in total. The van der Waals surface area contributed by atoms with Crippen LogP contribution in [0, 0.1) is 12.7 Å². The Morgan fingerprint density at radius 1 is 1.24 bits per heavy atom. The first-order chi connectivity index (χ1) is 10.1. The lowest BCUT2D eigenvalue weighted by molar-refractivity contribution is 0.255. The van der Waals surface area contributed by atoms with E-state index in [-0.39, 0.29) is 5.82 Å². The molecule has 0 saturated heterocycles. The van der Waals surface area contributed by atoms with E-state index in [0.29, 0.717) is 16.3 Å². The van der Waals surface area contributed by atoms with Crippen molar-refractivity contribution in [1.29, 1.82) is 0 Å². The van der Waals surface area contributed by atoms with Gasteiger partial charge in [0.2, 0.25) is 0 Å². The maximum atomic E-state index is 13.0. The van der Waals surface area contributed by atoms with Crippen LogP contribution < -0.4 is 10.6 Å². The molecule has 0 aromatic heterocycles. The molecule has 0 heterocycles. The third-order valence-corrected chi connectivity index (χ3v) is 3.26. The zero-order valence-corrected chi connectivity index (χ0v) is 12.1. The van der Waals surface area contributed by atoms with Gasteiger partial charge in [-0.25, -0.2) is 9.18 Å². The van der Waals surface area contributed by atoms with Crippen molar-refractivity contribution >= 4 is 29.4 Å². The molecule has 2 aromatic rings. The fraction of sp³-hybridized carbons (Fsp3) is 0.0625. The van der Waals surface area contributed by atoms with Gasteiger partial charge in [0, 0.05) is 16.9 Å². The van der Waals surface area contributed by atoms with Crippen LogP contribution in [0.2, 0.25) is 5.02 Å². The van der Waals surface area contributed by atoms with Crippen LogP contribution in [0.25, 0.3) is 6.08 Å². The van der Waals surface area contributed by atoms with Gasteiger partial charge in [-0.2, -0.15) is 0 Å². The summed E-state index contributed by atoms with van der Waals surface area (Å²) in [6, 6.07) is 10.9. The average molecular weight is 305 g/mol. The second kappa shape index (κ2) is 6.90. The standard InChI is InChI=1S/C16H14ClFN2O/c1-11-14(17)6-3-7-15(11)20-16(21)19-9-8-12-4-2-5-13(18)10-12/h2-10H,1H3,(H2,19,20,21)/b9-8+. The van der Waals surface area contributed by atoms with E-state index < -0.39 is 6.03 Å². The molecule has 0 aliphatic carbocycles. The zero-order valence-electron chi connectivity index (χ0n) is 11.4. The molecule has 2 amide bonds. The number of benzene rings is 2. The van der Waals surface area contributed by atoms with Gasteiger partial charge >= 0.3 is 6.03 Å². The Labute approximate surface area is 127 Å². The summed E-state index contributed by atoms with van der Waals surface area (Å²) in [7, 11) is 0.